The van der Waals surface area contributed by atoms with Crippen molar-refractivity contribution in [2.75, 3.05) is 14.2 Å². The fraction of sp³-hybridized carbons (Fsp3) is 0.333. The highest BCUT2D eigenvalue weighted by Crippen LogP contribution is 2.02. The third-order valence-corrected chi connectivity index (χ3v) is 5.31. The van der Waals surface area contributed by atoms with Crippen molar-refractivity contribution in [3.63, 3.8) is 0 Å². The van der Waals surface area contributed by atoms with Crippen molar-refractivity contribution in [2.24, 2.45) is 0 Å². The Bertz CT molecular complexity index is 291. The molecule has 0 aromatic heterocycles. The van der Waals surface area contributed by atoms with E-state index < -0.39 is 24.5 Å². The minimum atomic E-state index is -2.76. The molecule has 0 saturated carbocycles. The average Bonchev–Trinajstić information content (AvgIpc) is 2.30. The molecule has 2 radical (unpaired) electrons. The molecule has 0 fully saturated rings. The van der Waals surface area contributed by atoms with Crippen LogP contribution < -0.4 is 5.19 Å². The molecule has 7 heteroatoms. The van der Waals surface area contributed by atoms with E-state index in [0.717, 1.165) is 5.19 Å². The smallest absolute Gasteiger partial charge is 0.405 e. The molecule has 1 aromatic rings. The monoisotopic (exact) mass is 258 g/mol. The molecule has 0 bridgehead atoms. The lowest BCUT2D eigenvalue weighted by Crippen LogP contribution is -2.50. The van der Waals surface area contributed by atoms with Crippen LogP contribution in [-0.2, 0) is 13.6 Å². The second-order valence-electron chi connectivity index (χ2n) is 2.92. The van der Waals surface area contributed by atoms with E-state index in [-0.39, 0.29) is 0 Å². The van der Waals surface area contributed by atoms with Gasteiger partial charge in [-0.1, -0.05) is 30.3 Å². The van der Waals surface area contributed by atoms with Crippen LogP contribution in [0.5, 0.6) is 0 Å². The average molecular weight is 258 g/mol. The van der Waals surface area contributed by atoms with Crippen molar-refractivity contribution in [2.45, 2.75) is 5.91 Å². The number of hydrogen-bond donors (Lipinski definition) is 2. The van der Waals surface area contributed by atoms with E-state index in [2.05, 4.69) is 0 Å². The summed E-state index contributed by atoms with van der Waals surface area (Å²) in [6, 6.07) is 9.29. The number of methoxy groups -OCH3 is 2. The quantitative estimate of drug-likeness (QED) is 0.507. The summed E-state index contributed by atoms with van der Waals surface area (Å²) in [5.74, 6) is -0.577. The summed E-state index contributed by atoms with van der Waals surface area (Å²) in [4.78, 5) is 17.9. The molecule has 5 nitrogen and oxygen atoms in total. The topological polar surface area (TPSA) is 68.2 Å². The first kappa shape index (κ1) is 13.5. The zero-order valence-corrected chi connectivity index (χ0v) is 11.1. The van der Waals surface area contributed by atoms with Crippen LogP contribution in [0.2, 0.25) is 0 Å². The molecular formula is C9H14O5Si2. The van der Waals surface area contributed by atoms with Crippen molar-refractivity contribution in [1.29, 1.82) is 0 Å². The van der Waals surface area contributed by atoms with E-state index in [1.54, 1.807) is 0 Å². The van der Waals surface area contributed by atoms with Crippen molar-refractivity contribution in [3.8, 4) is 0 Å². The van der Waals surface area contributed by atoms with Crippen LogP contribution in [0.25, 0.3) is 0 Å². The van der Waals surface area contributed by atoms with Crippen molar-refractivity contribution >= 4 is 23.8 Å². The van der Waals surface area contributed by atoms with Gasteiger partial charge >= 0.3 is 18.6 Å². The molecule has 0 aliphatic carbocycles. The molecule has 1 aromatic carbocycles. The Morgan fingerprint density at radius 2 is 1.62 bits per heavy atom. The molecule has 16 heavy (non-hydrogen) atoms. The van der Waals surface area contributed by atoms with Gasteiger partial charge in [-0.05, 0) is 5.19 Å². The third kappa shape index (κ3) is 3.79. The van der Waals surface area contributed by atoms with Crippen LogP contribution in [0.3, 0.4) is 0 Å². The van der Waals surface area contributed by atoms with E-state index in [1.165, 1.54) is 14.2 Å². The van der Waals surface area contributed by atoms with E-state index in [0.29, 0.717) is 0 Å². The highest BCUT2D eigenvalue weighted by Gasteiger charge is 2.31. The van der Waals surface area contributed by atoms with Gasteiger partial charge in [0.25, 0.3) is 0 Å². The van der Waals surface area contributed by atoms with Crippen molar-refractivity contribution in [3.05, 3.63) is 30.3 Å². The zero-order valence-electron chi connectivity index (χ0n) is 9.08. The third-order valence-electron chi connectivity index (χ3n) is 1.90. The van der Waals surface area contributed by atoms with Gasteiger partial charge in [-0.25, -0.2) is 0 Å². The van der Waals surface area contributed by atoms with Gasteiger partial charge in [0.05, 0.1) is 0 Å². The first-order valence-corrected chi connectivity index (χ1v) is 7.38. The fourth-order valence-electron chi connectivity index (χ4n) is 1.25. The van der Waals surface area contributed by atoms with Crippen LogP contribution in [0, 0.1) is 0 Å². The summed E-state index contributed by atoms with van der Waals surface area (Å²) in [6.45, 7) is 0. The second-order valence-corrected chi connectivity index (χ2v) is 6.08. The van der Waals surface area contributed by atoms with Crippen LogP contribution in [0.4, 0.5) is 0 Å². The van der Waals surface area contributed by atoms with Gasteiger partial charge < -0.3 is 23.2 Å². The maximum Gasteiger partial charge on any atom is 0.561 e. The van der Waals surface area contributed by atoms with Crippen LogP contribution in [-0.4, -0.2) is 48.3 Å². The van der Waals surface area contributed by atoms with Gasteiger partial charge in [-0.2, -0.15) is 0 Å². The molecule has 0 spiro atoms. The van der Waals surface area contributed by atoms with Crippen LogP contribution in [0.1, 0.15) is 0 Å². The van der Waals surface area contributed by atoms with E-state index in [4.69, 9.17) is 23.2 Å². The predicted molar refractivity (Wildman–Crippen MR) is 60.9 cm³/mol. The Kier molecular flexibility index (Phi) is 5.84. The van der Waals surface area contributed by atoms with E-state index in [1.807, 2.05) is 30.3 Å². The normalized spacial score (nSPS) is 11.7. The summed E-state index contributed by atoms with van der Waals surface area (Å²) in [5.41, 5.74) is 0. The largest absolute Gasteiger partial charge is 0.561 e. The summed E-state index contributed by atoms with van der Waals surface area (Å²) in [7, 11) is -1.54. The lowest BCUT2D eigenvalue weighted by Gasteiger charge is -2.22. The molecule has 0 saturated heterocycles. The standard InChI is InChI=1S/C9H14O5Si2/c1-12-9(13-2)15(14-16(10)11)8-6-4-3-5-7-8/h3-7,9-11H,1-2H3. The van der Waals surface area contributed by atoms with Crippen LogP contribution >= 0.6 is 0 Å². The van der Waals surface area contributed by atoms with E-state index >= 15 is 0 Å². The maximum absolute atomic E-state index is 8.97. The lowest BCUT2D eigenvalue weighted by atomic mass is 10.4. The van der Waals surface area contributed by atoms with Gasteiger partial charge in [-0.15, -0.1) is 0 Å². The van der Waals surface area contributed by atoms with Gasteiger partial charge in [0.15, 0.2) is 5.91 Å². The summed E-state index contributed by atoms with van der Waals surface area (Å²) < 4.78 is 15.4. The molecule has 2 N–H and O–H groups in total. The van der Waals surface area contributed by atoms with Gasteiger partial charge in [-0.3, -0.25) is 0 Å². The molecular weight excluding hydrogens is 244 g/mol. The highest BCUT2D eigenvalue weighted by molar-refractivity contribution is 6.72. The molecule has 1 rings (SSSR count). The lowest BCUT2D eigenvalue weighted by molar-refractivity contribution is -0.0531. The minimum absolute atomic E-state index is 0.577. The Labute approximate surface area is 97.9 Å². The molecule has 88 valence electrons. The maximum atomic E-state index is 8.97. The van der Waals surface area contributed by atoms with Gasteiger partial charge in [0.2, 0.25) is 0 Å². The zero-order chi connectivity index (χ0) is 12.0. The Balaban J connectivity index is 2.86. The van der Waals surface area contributed by atoms with Crippen LogP contribution in [0.15, 0.2) is 30.3 Å². The van der Waals surface area contributed by atoms with E-state index in [9.17, 15) is 0 Å². The number of rotatable bonds is 6. The number of benzene rings is 1. The predicted octanol–water partition coefficient (Wildman–Crippen LogP) is -0.971. The molecule has 0 aliphatic heterocycles. The van der Waals surface area contributed by atoms with Gasteiger partial charge in [0, 0.05) is 14.2 Å². The minimum Gasteiger partial charge on any atom is -0.405 e. The number of hydrogen-bond acceptors (Lipinski definition) is 5. The Hall–Kier alpha value is -0.546. The Morgan fingerprint density at radius 3 is 2.06 bits per heavy atom. The molecule has 0 heterocycles. The fourth-order valence-corrected chi connectivity index (χ4v) is 4.12. The highest BCUT2D eigenvalue weighted by atomic mass is 28.4. The first-order valence-electron chi connectivity index (χ1n) is 4.59. The van der Waals surface area contributed by atoms with Crippen molar-refractivity contribution < 1.29 is 23.2 Å². The molecule has 0 atom stereocenters. The molecule has 0 amide bonds. The second kappa shape index (κ2) is 6.91. The summed E-state index contributed by atoms with van der Waals surface area (Å²) >= 11 is 0. The SMILES string of the molecule is COC(OC)[Si](O[Si](O)O)c1ccccc1. The van der Waals surface area contributed by atoms with Gasteiger partial charge in [0.1, 0.15) is 0 Å². The number of ether oxygens (including phenoxy) is 2. The summed E-state index contributed by atoms with van der Waals surface area (Å²) in [6.07, 6.45) is 0. The first-order chi connectivity index (χ1) is 7.69. The van der Waals surface area contributed by atoms with Crippen molar-refractivity contribution in [1.82, 2.24) is 0 Å². The summed E-state index contributed by atoms with van der Waals surface area (Å²) in [5, 5.41) is 0.867. The molecule has 0 aliphatic rings. The Morgan fingerprint density at radius 1 is 1.06 bits per heavy atom. The molecule has 0 unspecified atom stereocenters.